The van der Waals surface area contributed by atoms with Gasteiger partial charge in [-0.2, -0.15) is 0 Å². The fourth-order valence-corrected chi connectivity index (χ4v) is 3.34. The van der Waals surface area contributed by atoms with Gasteiger partial charge in [0.1, 0.15) is 17.8 Å². The van der Waals surface area contributed by atoms with E-state index in [4.69, 9.17) is 4.74 Å². The normalized spacial score (nSPS) is 29.2. The number of ketones is 2. The summed E-state index contributed by atoms with van der Waals surface area (Å²) in [6, 6.07) is 8.77. The zero-order chi connectivity index (χ0) is 14.8. The molecular formula is C17H18O4. The first-order valence-corrected chi connectivity index (χ1v) is 7.48. The summed E-state index contributed by atoms with van der Waals surface area (Å²) in [6.45, 7) is 0. The highest BCUT2D eigenvalue weighted by atomic mass is 16.6. The Kier molecular flexibility index (Phi) is 3.86. The first-order valence-electron chi connectivity index (χ1n) is 7.48. The van der Waals surface area contributed by atoms with Crippen LogP contribution in [0.2, 0.25) is 0 Å². The topological polar surface area (TPSA) is 60.4 Å². The van der Waals surface area contributed by atoms with Crippen molar-refractivity contribution < 1.29 is 19.1 Å². The van der Waals surface area contributed by atoms with Gasteiger partial charge in [-0.15, -0.1) is 0 Å². The molecule has 1 aromatic rings. The van der Waals surface area contributed by atoms with Crippen LogP contribution in [0, 0.1) is 11.8 Å². The van der Waals surface area contributed by atoms with E-state index in [2.05, 4.69) is 0 Å². The Labute approximate surface area is 123 Å². The maximum absolute atomic E-state index is 12.6. The van der Waals surface area contributed by atoms with Gasteiger partial charge in [0.15, 0.2) is 5.78 Å². The third-order valence-corrected chi connectivity index (χ3v) is 4.43. The summed E-state index contributed by atoms with van der Waals surface area (Å²) < 4.78 is 5.39. The average molecular weight is 286 g/mol. The summed E-state index contributed by atoms with van der Waals surface area (Å²) in [7, 11) is 0. The summed E-state index contributed by atoms with van der Waals surface area (Å²) in [5, 5.41) is 0. The molecule has 4 heteroatoms. The number of rotatable bonds is 2. The molecule has 1 heterocycles. The van der Waals surface area contributed by atoms with Gasteiger partial charge in [0.25, 0.3) is 0 Å². The standard InChI is InChI=1S/C17H18O4/c18-12-8-4-5-9-14-13(10-12)15(17(20)21-14)16(19)11-6-2-1-3-7-11/h1-3,6-7,13-15H,4-5,8-10H2/t13-,14-,15-/m1/s1. The van der Waals surface area contributed by atoms with Crippen molar-refractivity contribution in [3.8, 4) is 0 Å². The van der Waals surface area contributed by atoms with Crippen molar-refractivity contribution in [2.75, 3.05) is 0 Å². The molecule has 4 nitrogen and oxygen atoms in total. The highest BCUT2D eigenvalue weighted by molar-refractivity contribution is 6.10. The first-order chi connectivity index (χ1) is 10.2. The number of hydrogen-bond donors (Lipinski definition) is 0. The summed E-state index contributed by atoms with van der Waals surface area (Å²) in [5.74, 6) is -1.67. The molecule has 0 radical (unpaired) electrons. The summed E-state index contributed by atoms with van der Waals surface area (Å²) >= 11 is 0. The van der Waals surface area contributed by atoms with Crippen molar-refractivity contribution in [3.63, 3.8) is 0 Å². The van der Waals surface area contributed by atoms with Gasteiger partial charge >= 0.3 is 5.97 Å². The maximum atomic E-state index is 12.6. The Bertz CT molecular complexity index is 563. The van der Waals surface area contributed by atoms with E-state index in [0.29, 0.717) is 12.0 Å². The van der Waals surface area contributed by atoms with E-state index in [-0.39, 0.29) is 30.0 Å². The van der Waals surface area contributed by atoms with Crippen LogP contribution in [0.5, 0.6) is 0 Å². The number of esters is 1. The van der Waals surface area contributed by atoms with E-state index in [1.165, 1.54) is 0 Å². The van der Waals surface area contributed by atoms with Crippen LogP contribution in [0.15, 0.2) is 30.3 Å². The Balaban J connectivity index is 1.87. The van der Waals surface area contributed by atoms with Gasteiger partial charge in [-0.25, -0.2) is 0 Å². The monoisotopic (exact) mass is 286 g/mol. The second kappa shape index (κ2) is 5.80. The third kappa shape index (κ3) is 2.75. The molecule has 1 saturated heterocycles. The van der Waals surface area contributed by atoms with Crippen molar-refractivity contribution in [2.24, 2.45) is 11.8 Å². The zero-order valence-corrected chi connectivity index (χ0v) is 11.8. The lowest BCUT2D eigenvalue weighted by molar-refractivity contribution is -0.143. The summed E-state index contributed by atoms with van der Waals surface area (Å²) in [4.78, 5) is 36.6. The second-order valence-corrected chi connectivity index (χ2v) is 5.84. The number of carbonyl (C=O) groups excluding carboxylic acids is 3. The fraction of sp³-hybridized carbons (Fsp3) is 0.471. The Morgan fingerprint density at radius 2 is 1.86 bits per heavy atom. The minimum atomic E-state index is -0.820. The van der Waals surface area contributed by atoms with Gasteiger partial charge < -0.3 is 4.74 Å². The first kappa shape index (κ1) is 14.0. The fourth-order valence-electron chi connectivity index (χ4n) is 3.34. The number of fused-ring (bicyclic) bond motifs is 1. The molecule has 3 rings (SSSR count). The molecule has 3 atom stereocenters. The molecule has 1 aliphatic carbocycles. The molecule has 110 valence electrons. The van der Waals surface area contributed by atoms with E-state index in [0.717, 1.165) is 19.3 Å². The molecule has 0 aromatic heterocycles. The largest absolute Gasteiger partial charge is 0.461 e. The number of benzene rings is 1. The molecule has 0 amide bonds. The van der Waals surface area contributed by atoms with Gasteiger partial charge in [0.05, 0.1) is 0 Å². The molecule has 0 N–H and O–H groups in total. The summed E-state index contributed by atoms with van der Waals surface area (Å²) in [5.41, 5.74) is 0.509. The molecule has 2 aliphatic rings. The minimum absolute atomic E-state index is 0.133. The Hall–Kier alpha value is -1.97. The predicted octanol–water partition coefficient (Wildman–Crippen LogP) is 2.56. The molecule has 1 saturated carbocycles. The molecule has 0 unspecified atom stereocenters. The third-order valence-electron chi connectivity index (χ3n) is 4.43. The lowest BCUT2D eigenvalue weighted by Gasteiger charge is -2.22. The average Bonchev–Trinajstić information content (AvgIpc) is 2.77. The Morgan fingerprint density at radius 1 is 1.10 bits per heavy atom. The van der Waals surface area contributed by atoms with Crippen LogP contribution in [0.3, 0.4) is 0 Å². The van der Waals surface area contributed by atoms with Crippen molar-refractivity contribution in [2.45, 2.75) is 38.2 Å². The van der Waals surface area contributed by atoms with Crippen LogP contribution in [-0.2, 0) is 14.3 Å². The number of ether oxygens (including phenoxy) is 1. The molecule has 1 aliphatic heterocycles. The van der Waals surface area contributed by atoms with Crippen molar-refractivity contribution >= 4 is 17.5 Å². The Morgan fingerprint density at radius 3 is 2.62 bits per heavy atom. The van der Waals surface area contributed by atoms with E-state index in [9.17, 15) is 14.4 Å². The molecule has 0 spiro atoms. The molecule has 0 bridgehead atoms. The quantitative estimate of drug-likeness (QED) is 0.476. The van der Waals surface area contributed by atoms with Crippen LogP contribution in [0.4, 0.5) is 0 Å². The van der Waals surface area contributed by atoms with Gasteiger partial charge in [-0.1, -0.05) is 30.3 Å². The number of hydrogen-bond acceptors (Lipinski definition) is 4. The molecule has 21 heavy (non-hydrogen) atoms. The highest BCUT2D eigenvalue weighted by Crippen LogP contribution is 2.37. The van der Waals surface area contributed by atoms with Crippen LogP contribution < -0.4 is 0 Å². The summed E-state index contributed by atoms with van der Waals surface area (Å²) in [6.07, 6.45) is 3.01. The predicted molar refractivity (Wildman–Crippen MR) is 75.7 cm³/mol. The minimum Gasteiger partial charge on any atom is -0.461 e. The van der Waals surface area contributed by atoms with Crippen molar-refractivity contribution in [1.29, 1.82) is 0 Å². The zero-order valence-electron chi connectivity index (χ0n) is 11.8. The van der Waals surface area contributed by atoms with E-state index in [1.54, 1.807) is 24.3 Å². The van der Waals surface area contributed by atoms with Gasteiger partial charge in [0.2, 0.25) is 0 Å². The molecular weight excluding hydrogens is 268 g/mol. The van der Waals surface area contributed by atoms with Gasteiger partial charge in [0, 0.05) is 24.3 Å². The molecule has 2 fully saturated rings. The van der Waals surface area contributed by atoms with Crippen LogP contribution >= 0.6 is 0 Å². The van der Waals surface area contributed by atoms with Gasteiger partial charge in [-0.05, 0) is 19.3 Å². The maximum Gasteiger partial charge on any atom is 0.317 e. The second-order valence-electron chi connectivity index (χ2n) is 5.84. The van der Waals surface area contributed by atoms with Crippen LogP contribution in [-0.4, -0.2) is 23.6 Å². The lowest BCUT2D eigenvalue weighted by Crippen LogP contribution is -2.31. The van der Waals surface area contributed by atoms with Crippen molar-refractivity contribution in [1.82, 2.24) is 0 Å². The highest BCUT2D eigenvalue weighted by Gasteiger charge is 2.49. The van der Waals surface area contributed by atoms with Crippen molar-refractivity contribution in [3.05, 3.63) is 35.9 Å². The SMILES string of the molecule is O=C1CCCC[C@H]2OC(=O)[C@@H](C(=O)c3ccccc3)[C@@H]2C1. The van der Waals surface area contributed by atoms with E-state index >= 15 is 0 Å². The van der Waals surface area contributed by atoms with Crippen LogP contribution in [0.25, 0.3) is 0 Å². The lowest BCUT2D eigenvalue weighted by atomic mass is 9.78. The van der Waals surface area contributed by atoms with Gasteiger partial charge in [-0.3, -0.25) is 14.4 Å². The number of Topliss-reactive ketones (excluding diaryl/α,β-unsaturated/α-hetero) is 2. The van der Waals surface area contributed by atoms with E-state index in [1.807, 2.05) is 6.07 Å². The number of carbonyl (C=O) groups is 3. The molecule has 1 aromatic carbocycles. The van der Waals surface area contributed by atoms with Crippen LogP contribution in [0.1, 0.15) is 42.5 Å². The van der Waals surface area contributed by atoms with E-state index < -0.39 is 11.9 Å². The smallest absolute Gasteiger partial charge is 0.317 e.